The minimum Gasteiger partial charge on any atom is -0.469 e. The van der Waals surface area contributed by atoms with Gasteiger partial charge in [-0.25, -0.2) is 9.97 Å². The van der Waals surface area contributed by atoms with Crippen LogP contribution >= 0.6 is 11.6 Å². The largest absolute Gasteiger partial charge is 0.469 e. The highest BCUT2D eigenvalue weighted by atomic mass is 35.5. The van der Waals surface area contributed by atoms with E-state index >= 15 is 0 Å². The number of amides is 2. The monoisotopic (exact) mass is 744 g/mol. The summed E-state index contributed by atoms with van der Waals surface area (Å²) in [7, 11) is 0. The number of benzene rings is 3. The topological polar surface area (TPSA) is 168 Å². The summed E-state index contributed by atoms with van der Waals surface area (Å²) in [5.74, 6) is 0.466. The SMILES string of the molecule is Cc1nc2oc1-c1c(Cl)[nH]c3cccc(c13)-c1cccc3c1NC1Oc4ccc5cc4[C@]31c1oc(nc1-2)[C@H](C(C)C)NC(=O)[C@@H](NC(=O)[C@@H](O)C(C)C)C5. The first-order chi connectivity index (χ1) is 25.9. The van der Waals surface area contributed by atoms with Crippen LogP contribution in [0.1, 0.15) is 67.8 Å². The molecule has 0 saturated heterocycles. The van der Waals surface area contributed by atoms with Crippen LogP contribution in [0.25, 0.3) is 44.9 Å². The third-order valence-electron chi connectivity index (χ3n) is 11.4. The Labute approximate surface area is 314 Å². The first-order valence-corrected chi connectivity index (χ1v) is 18.6. The van der Waals surface area contributed by atoms with Crippen LogP contribution in [-0.4, -0.2) is 50.2 Å². The predicted molar refractivity (Wildman–Crippen MR) is 201 cm³/mol. The summed E-state index contributed by atoms with van der Waals surface area (Å²) in [6.45, 7) is 9.29. The number of ether oxygens (including phenoxy) is 1. The molecule has 1 unspecified atom stereocenters. The average Bonchev–Trinajstić information content (AvgIpc) is 3.94. The Balaban J connectivity index is 1.30. The van der Waals surface area contributed by atoms with E-state index in [4.69, 9.17) is 35.1 Å². The number of anilines is 1. The second-order valence-electron chi connectivity index (χ2n) is 15.4. The fourth-order valence-electron chi connectivity index (χ4n) is 8.69. The van der Waals surface area contributed by atoms with Crippen LogP contribution in [0.15, 0.2) is 63.4 Å². The maximum atomic E-state index is 14.2. The summed E-state index contributed by atoms with van der Waals surface area (Å²) in [6.07, 6.45) is -1.80. The van der Waals surface area contributed by atoms with Crippen molar-refractivity contribution in [1.29, 1.82) is 0 Å². The molecule has 3 aromatic carbocycles. The molecule has 0 aliphatic carbocycles. The van der Waals surface area contributed by atoms with Gasteiger partial charge in [0.1, 0.15) is 34.5 Å². The predicted octanol–water partition coefficient (Wildman–Crippen LogP) is 6.77. The zero-order valence-corrected chi connectivity index (χ0v) is 30.9. The van der Waals surface area contributed by atoms with Gasteiger partial charge in [-0.15, -0.1) is 0 Å². The van der Waals surface area contributed by atoms with Crippen LogP contribution in [0.3, 0.4) is 0 Å². The standard InChI is InChI=1S/C41H37ClN6O6/c1-16(2)29-38-47-31-34(54-38)41-22-10-6-9-21(20-8-7-11-24-27(20)28(35(42)44-24)33-18(5)43-39(31)53-33)30(22)48-40(41)52-26-13-12-19(14-23(26)41)15-25(36(50)46-29)45-37(51)32(49)17(3)4/h6-14,16-17,25,29,32,40,44,48-49H,15H2,1-5H3,(H,45,51)(H,46,50)/t25-,29-,32-,40?,41-/m0/s1. The average molecular weight is 745 g/mol. The summed E-state index contributed by atoms with van der Waals surface area (Å²) >= 11 is 6.98. The van der Waals surface area contributed by atoms with Gasteiger partial charge in [0.25, 0.3) is 0 Å². The first-order valence-electron chi connectivity index (χ1n) is 18.2. The van der Waals surface area contributed by atoms with Crippen molar-refractivity contribution in [3.63, 3.8) is 0 Å². The summed E-state index contributed by atoms with van der Waals surface area (Å²) in [5.41, 5.74) is 6.65. The number of carbonyl (C=O) groups excluding carboxylic acids is 2. The number of aliphatic hydroxyl groups is 1. The molecule has 6 aromatic rings. The van der Waals surface area contributed by atoms with E-state index in [1.54, 1.807) is 13.8 Å². The van der Waals surface area contributed by atoms with E-state index in [0.29, 0.717) is 39.4 Å². The van der Waals surface area contributed by atoms with Crippen molar-refractivity contribution in [3.8, 4) is 39.8 Å². The number of fused-ring (bicyclic) bond motifs is 7. The van der Waals surface area contributed by atoms with Crippen molar-refractivity contribution in [2.24, 2.45) is 11.8 Å². The maximum absolute atomic E-state index is 14.2. The third-order valence-corrected chi connectivity index (χ3v) is 11.7. The number of aryl methyl sites for hydroxylation is 1. The molecule has 13 heteroatoms. The van der Waals surface area contributed by atoms with Crippen molar-refractivity contribution in [1.82, 2.24) is 25.6 Å². The van der Waals surface area contributed by atoms with Gasteiger partial charge in [0.05, 0.1) is 11.3 Å². The van der Waals surface area contributed by atoms with Crippen molar-refractivity contribution in [3.05, 3.63) is 93.8 Å². The van der Waals surface area contributed by atoms with Crippen LogP contribution in [0.5, 0.6) is 5.75 Å². The first kappa shape index (κ1) is 33.0. The highest BCUT2D eigenvalue weighted by Crippen LogP contribution is 2.61. The molecule has 4 aliphatic rings. The van der Waals surface area contributed by atoms with Gasteiger partial charge < -0.3 is 39.6 Å². The fourth-order valence-corrected chi connectivity index (χ4v) is 8.97. The Morgan fingerprint density at radius 3 is 2.61 bits per heavy atom. The van der Waals surface area contributed by atoms with Gasteiger partial charge >= 0.3 is 0 Å². The van der Waals surface area contributed by atoms with E-state index in [-0.39, 0.29) is 30.0 Å². The summed E-state index contributed by atoms with van der Waals surface area (Å²) in [6, 6.07) is 16.3. The lowest BCUT2D eigenvalue weighted by atomic mass is 9.72. The smallest absolute Gasteiger partial charge is 0.249 e. The number of hydrogen-bond acceptors (Lipinski definition) is 9. The van der Waals surface area contributed by atoms with Crippen molar-refractivity contribution >= 4 is 40.0 Å². The molecule has 2 amide bonds. The van der Waals surface area contributed by atoms with E-state index in [1.165, 1.54) is 0 Å². The Morgan fingerprint density at radius 1 is 1.02 bits per heavy atom. The van der Waals surface area contributed by atoms with Crippen molar-refractivity contribution < 1.29 is 28.3 Å². The molecular weight excluding hydrogens is 708 g/mol. The van der Waals surface area contributed by atoms with E-state index in [9.17, 15) is 14.7 Å². The molecule has 0 saturated carbocycles. The number of para-hydroxylation sites is 1. The van der Waals surface area contributed by atoms with Gasteiger partial charge in [-0.05, 0) is 42.0 Å². The molecule has 3 aromatic heterocycles. The van der Waals surface area contributed by atoms with Gasteiger partial charge in [-0.3, -0.25) is 9.59 Å². The Kier molecular flexibility index (Phi) is 7.00. The summed E-state index contributed by atoms with van der Waals surface area (Å²) in [5, 5.41) is 21.7. The number of halogens is 1. The maximum Gasteiger partial charge on any atom is 0.249 e. The quantitative estimate of drug-likeness (QED) is 0.131. The highest BCUT2D eigenvalue weighted by Gasteiger charge is 2.61. The number of aromatic amines is 1. The molecule has 0 fully saturated rings. The number of aromatic nitrogens is 3. The number of nitrogens with zero attached hydrogens (tertiary/aromatic N) is 2. The Bertz CT molecular complexity index is 2590. The molecule has 5 atom stereocenters. The zero-order chi connectivity index (χ0) is 37.4. The second kappa shape index (κ2) is 11.5. The molecule has 4 aliphatic heterocycles. The molecule has 5 N–H and O–H groups in total. The molecule has 12 nitrogen and oxygen atoms in total. The van der Waals surface area contributed by atoms with Crippen molar-refractivity contribution in [2.75, 3.05) is 5.32 Å². The molecule has 10 rings (SSSR count). The molecule has 10 bridgehead atoms. The fraction of sp³-hybridized carbons (Fsp3) is 0.317. The number of hydrogen-bond donors (Lipinski definition) is 5. The minimum absolute atomic E-state index is 0.155. The lowest BCUT2D eigenvalue weighted by Crippen LogP contribution is -2.52. The number of aliphatic hydroxyl groups excluding tert-OH is 1. The second-order valence-corrected chi connectivity index (χ2v) is 15.8. The van der Waals surface area contributed by atoms with E-state index in [2.05, 4.69) is 39.1 Å². The van der Waals surface area contributed by atoms with E-state index < -0.39 is 41.6 Å². The lowest BCUT2D eigenvalue weighted by Gasteiger charge is -2.29. The van der Waals surface area contributed by atoms with Gasteiger partial charge in [-0.1, -0.05) is 81.8 Å². The molecule has 7 heterocycles. The van der Waals surface area contributed by atoms with Gasteiger partial charge in [0, 0.05) is 39.7 Å². The molecule has 1 spiro atoms. The number of rotatable bonds is 4. The number of H-pyrrole nitrogens is 1. The third kappa shape index (κ3) is 4.40. The minimum atomic E-state index is -1.29. The summed E-state index contributed by atoms with van der Waals surface area (Å²) in [4.78, 5) is 40.9. The Morgan fingerprint density at radius 2 is 1.81 bits per heavy atom. The number of nitrogens with one attached hydrogen (secondary N) is 4. The number of oxazole rings is 2. The van der Waals surface area contributed by atoms with Gasteiger partial charge in [0.15, 0.2) is 23.4 Å². The molecule has 0 radical (unpaired) electrons. The highest BCUT2D eigenvalue weighted by molar-refractivity contribution is 6.35. The van der Waals surface area contributed by atoms with Crippen LogP contribution in [0.2, 0.25) is 5.15 Å². The molecular formula is C41H37ClN6O6. The van der Waals surface area contributed by atoms with Gasteiger partial charge in [-0.2, -0.15) is 0 Å². The van der Waals surface area contributed by atoms with Crippen LogP contribution in [0.4, 0.5) is 5.69 Å². The van der Waals surface area contributed by atoms with Crippen molar-refractivity contribution in [2.45, 2.75) is 70.9 Å². The number of carbonyl (C=O) groups is 2. The normalized spacial score (nSPS) is 22.2. The van der Waals surface area contributed by atoms with E-state index in [1.807, 2.05) is 57.2 Å². The van der Waals surface area contributed by atoms with Gasteiger partial charge in [0.2, 0.25) is 23.6 Å². The zero-order valence-electron chi connectivity index (χ0n) is 30.1. The van der Waals surface area contributed by atoms with Crippen LogP contribution in [-0.2, 0) is 21.4 Å². The Hall–Kier alpha value is -5.59. The van der Waals surface area contributed by atoms with E-state index in [0.717, 1.165) is 44.4 Å². The molecule has 54 heavy (non-hydrogen) atoms. The van der Waals surface area contributed by atoms with Crippen LogP contribution in [0, 0.1) is 18.8 Å². The van der Waals surface area contributed by atoms with Crippen LogP contribution < -0.4 is 20.7 Å². The lowest BCUT2D eigenvalue weighted by molar-refractivity contribution is -0.135. The molecule has 274 valence electrons. The summed E-state index contributed by atoms with van der Waals surface area (Å²) < 4.78 is 20.6.